The molecule has 8 aromatic carbocycles. The molecule has 0 aliphatic carbocycles. The molecule has 0 bridgehead atoms. The van der Waals surface area contributed by atoms with E-state index < -0.39 is 0 Å². The van der Waals surface area contributed by atoms with Crippen molar-refractivity contribution in [1.29, 1.82) is 0 Å². The minimum Gasteiger partial charge on any atom is -0.436 e. The molecule has 3 heteroatoms. The highest BCUT2D eigenvalue weighted by molar-refractivity contribution is 6.05. The van der Waals surface area contributed by atoms with E-state index in [4.69, 9.17) is 14.4 Å². The number of furan rings is 1. The highest BCUT2D eigenvalue weighted by Gasteiger charge is 2.14. The van der Waals surface area contributed by atoms with Gasteiger partial charge in [-0.15, -0.1) is 0 Å². The van der Waals surface area contributed by atoms with Gasteiger partial charge in [0.05, 0.1) is 11.0 Å². The molecule has 0 unspecified atom stereocenters. The zero-order valence-corrected chi connectivity index (χ0v) is 26.5. The van der Waals surface area contributed by atoms with Crippen LogP contribution in [0.25, 0.3) is 99.3 Å². The van der Waals surface area contributed by atoms with Crippen molar-refractivity contribution in [3.05, 3.63) is 170 Å². The Bertz CT molecular complexity index is 2890. The molecule has 2 heterocycles. The summed E-state index contributed by atoms with van der Waals surface area (Å²) in [4.78, 5) is 10.0. The maximum atomic E-state index is 6.22. The summed E-state index contributed by atoms with van der Waals surface area (Å²) < 4.78 is 6.22. The van der Waals surface area contributed by atoms with Gasteiger partial charge in [0, 0.05) is 5.39 Å². The molecule has 0 aliphatic rings. The SMILES string of the molecule is c1cc(-c2ccc3ccccc3c2)cc(-c2ccc3nc4oc5ccc(-c6cccc(-c7ccc8ccccc8c7)c6)cc5c4nc3c2)c1. The third kappa shape index (κ3) is 4.83. The van der Waals surface area contributed by atoms with Crippen LogP contribution in [0.15, 0.2) is 174 Å². The van der Waals surface area contributed by atoms with Gasteiger partial charge in [0.2, 0.25) is 5.71 Å². The van der Waals surface area contributed by atoms with Gasteiger partial charge in [0.25, 0.3) is 0 Å². The van der Waals surface area contributed by atoms with Crippen LogP contribution in [-0.2, 0) is 0 Å². The molecule has 2 aromatic heterocycles. The van der Waals surface area contributed by atoms with Crippen LogP contribution in [0.2, 0.25) is 0 Å². The third-order valence-electron chi connectivity index (χ3n) is 9.63. The van der Waals surface area contributed by atoms with E-state index in [1.165, 1.54) is 43.8 Å². The summed E-state index contributed by atoms with van der Waals surface area (Å²) in [7, 11) is 0. The molecule has 0 N–H and O–H groups in total. The monoisotopic (exact) mass is 624 g/mol. The molecule has 10 aromatic rings. The Morgan fingerprint density at radius 2 is 0.816 bits per heavy atom. The molecule has 49 heavy (non-hydrogen) atoms. The van der Waals surface area contributed by atoms with Gasteiger partial charge in [0.1, 0.15) is 11.1 Å². The molecular formula is C46H28N2O. The second-order valence-electron chi connectivity index (χ2n) is 12.7. The zero-order valence-electron chi connectivity index (χ0n) is 26.5. The van der Waals surface area contributed by atoms with Crippen LogP contribution < -0.4 is 0 Å². The molecule has 3 nitrogen and oxygen atoms in total. The van der Waals surface area contributed by atoms with Crippen LogP contribution in [0, 0.1) is 0 Å². The van der Waals surface area contributed by atoms with Crippen molar-refractivity contribution < 1.29 is 4.42 Å². The standard InChI is InChI=1S/C46H28N2O/c1-3-9-31-23-37(17-15-29(31)7-1)33-11-5-13-35(25-33)39-20-22-44-41(27-39)45-46(49-44)48-42-21-19-40(28-43(42)47-45)36-14-6-12-34(26-36)38-18-16-30-8-2-4-10-32(30)24-38/h1-28H. The van der Waals surface area contributed by atoms with Gasteiger partial charge in [-0.05, 0) is 115 Å². The summed E-state index contributed by atoms with van der Waals surface area (Å²) in [6.45, 7) is 0. The topological polar surface area (TPSA) is 38.9 Å². The van der Waals surface area contributed by atoms with Crippen LogP contribution in [0.1, 0.15) is 0 Å². The maximum Gasteiger partial charge on any atom is 0.246 e. The van der Waals surface area contributed by atoms with Gasteiger partial charge < -0.3 is 4.42 Å². The largest absolute Gasteiger partial charge is 0.436 e. The van der Waals surface area contributed by atoms with Gasteiger partial charge >= 0.3 is 0 Å². The minimum absolute atomic E-state index is 0.551. The zero-order chi connectivity index (χ0) is 32.3. The predicted octanol–water partition coefficient (Wildman–Crippen LogP) is 12.5. The first-order valence-corrected chi connectivity index (χ1v) is 16.6. The van der Waals surface area contributed by atoms with E-state index in [0.717, 1.165) is 49.8 Å². The van der Waals surface area contributed by atoms with Gasteiger partial charge in [-0.3, -0.25) is 0 Å². The highest BCUT2D eigenvalue weighted by Crippen LogP contribution is 2.35. The second-order valence-corrected chi connectivity index (χ2v) is 12.7. The van der Waals surface area contributed by atoms with Crippen LogP contribution in [0.4, 0.5) is 0 Å². The van der Waals surface area contributed by atoms with Crippen molar-refractivity contribution >= 4 is 54.8 Å². The van der Waals surface area contributed by atoms with Gasteiger partial charge in [-0.25, -0.2) is 9.97 Å². The first-order valence-electron chi connectivity index (χ1n) is 16.6. The van der Waals surface area contributed by atoms with E-state index in [0.29, 0.717) is 5.71 Å². The molecule has 0 aliphatic heterocycles. The van der Waals surface area contributed by atoms with Gasteiger partial charge in [0.15, 0.2) is 0 Å². The first kappa shape index (κ1) is 27.5. The second kappa shape index (κ2) is 11.0. The summed E-state index contributed by atoms with van der Waals surface area (Å²) in [5.74, 6) is 0. The van der Waals surface area contributed by atoms with Crippen molar-refractivity contribution in [2.24, 2.45) is 0 Å². The fraction of sp³-hybridized carbons (Fsp3) is 0. The lowest BCUT2D eigenvalue weighted by Crippen LogP contribution is -1.87. The Morgan fingerprint density at radius 3 is 1.43 bits per heavy atom. The van der Waals surface area contributed by atoms with E-state index in [2.05, 4.69) is 158 Å². The van der Waals surface area contributed by atoms with Crippen LogP contribution >= 0.6 is 0 Å². The molecule has 228 valence electrons. The lowest BCUT2D eigenvalue weighted by Gasteiger charge is -2.08. The number of hydrogen-bond donors (Lipinski definition) is 0. The van der Waals surface area contributed by atoms with E-state index in [9.17, 15) is 0 Å². The maximum absolute atomic E-state index is 6.22. The third-order valence-corrected chi connectivity index (χ3v) is 9.63. The summed E-state index contributed by atoms with van der Waals surface area (Å²) >= 11 is 0. The van der Waals surface area contributed by atoms with Gasteiger partial charge in [-0.1, -0.05) is 121 Å². The summed E-state index contributed by atoms with van der Waals surface area (Å²) in [6, 6.07) is 60.3. The van der Waals surface area contributed by atoms with Crippen LogP contribution in [-0.4, -0.2) is 9.97 Å². The first-order chi connectivity index (χ1) is 24.2. The molecule has 0 radical (unpaired) electrons. The Morgan fingerprint density at radius 1 is 0.327 bits per heavy atom. The Kier molecular flexibility index (Phi) is 6.18. The normalized spacial score (nSPS) is 11.7. The average molecular weight is 625 g/mol. The van der Waals surface area contributed by atoms with E-state index in [-0.39, 0.29) is 0 Å². The van der Waals surface area contributed by atoms with Crippen LogP contribution in [0.5, 0.6) is 0 Å². The van der Waals surface area contributed by atoms with Gasteiger partial charge in [-0.2, -0.15) is 0 Å². The van der Waals surface area contributed by atoms with Crippen molar-refractivity contribution in [3.8, 4) is 44.5 Å². The molecule has 0 atom stereocenters. The minimum atomic E-state index is 0.551. The summed E-state index contributed by atoms with van der Waals surface area (Å²) in [6.07, 6.45) is 0. The number of aromatic nitrogens is 2. The quantitative estimate of drug-likeness (QED) is 0.196. The number of fused-ring (bicyclic) bond motifs is 6. The van der Waals surface area contributed by atoms with Crippen molar-refractivity contribution in [3.63, 3.8) is 0 Å². The number of rotatable bonds is 4. The van der Waals surface area contributed by atoms with E-state index in [1.807, 2.05) is 12.1 Å². The van der Waals surface area contributed by atoms with E-state index >= 15 is 0 Å². The molecule has 0 saturated carbocycles. The molecule has 10 rings (SSSR count). The molecule has 0 fully saturated rings. The Hall–Kier alpha value is -6.58. The number of benzene rings is 8. The highest BCUT2D eigenvalue weighted by atomic mass is 16.3. The Labute approximate surface area is 282 Å². The number of hydrogen-bond acceptors (Lipinski definition) is 3. The number of nitrogens with zero attached hydrogens (tertiary/aromatic N) is 2. The van der Waals surface area contributed by atoms with E-state index in [1.54, 1.807) is 0 Å². The van der Waals surface area contributed by atoms with Crippen molar-refractivity contribution in [2.45, 2.75) is 0 Å². The average Bonchev–Trinajstić information content (AvgIpc) is 3.53. The molecule has 0 saturated heterocycles. The summed E-state index contributed by atoms with van der Waals surface area (Å²) in [5.41, 5.74) is 13.0. The van der Waals surface area contributed by atoms with Crippen LogP contribution in [0.3, 0.4) is 0 Å². The lowest BCUT2D eigenvalue weighted by molar-refractivity contribution is 0.655. The fourth-order valence-corrected chi connectivity index (χ4v) is 7.05. The summed E-state index contributed by atoms with van der Waals surface area (Å²) in [5, 5.41) is 5.93. The fourth-order valence-electron chi connectivity index (χ4n) is 7.05. The smallest absolute Gasteiger partial charge is 0.246 e. The lowest BCUT2D eigenvalue weighted by atomic mass is 9.97. The predicted molar refractivity (Wildman–Crippen MR) is 204 cm³/mol. The Balaban J connectivity index is 1.03. The van der Waals surface area contributed by atoms with Crippen molar-refractivity contribution in [1.82, 2.24) is 9.97 Å². The molecule has 0 spiro atoms. The van der Waals surface area contributed by atoms with Crippen molar-refractivity contribution in [2.75, 3.05) is 0 Å². The molecular weight excluding hydrogens is 597 g/mol. The molecule has 0 amide bonds.